The minimum absolute atomic E-state index is 0.303. The van der Waals surface area contributed by atoms with Gasteiger partial charge in [0.25, 0.3) is 0 Å². The van der Waals surface area contributed by atoms with Crippen LogP contribution in [0.5, 0.6) is 0 Å². The van der Waals surface area contributed by atoms with Crippen LogP contribution in [0.3, 0.4) is 0 Å². The second-order valence-electron chi connectivity index (χ2n) is 6.21. The van der Waals surface area contributed by atoms with Crippen LogP contribution < -0.4 is 5.73 Å². The quantitative estimate of drug-likeness (QED) is 0.799. The van der Waals surface area contributed by atoms with Crippen LogP contribution in [0.2, 0.25) is 0 Å². The first-order valence-electron chi connectivity index (χ1n) is 7.31. The maximum Gasteiger partial charge on any atom is 0.323 e. The molecule has 0 amide bonds. The van der Waals surface area contributed by atoms with Crippen molar-refractivity contribution in [2.45, 2.75) is 50.1 Å². The van der Waals surface area contributed by atoms with E-state index in [4.69, 9.17) is 10.5 Å². The summed E-state index contributed by atoms with van der Waals surface area (Å²) in [5.41, 5.74) is 5.00. The van der Waals surface area contributed by atoms with Gasteiger partial charge in [-0.2, -0.15) is 0 Å². The molecule has 3 N–H and O–H groups in total. The Balaban J connectivity index is 1.87. The number of hydrogen-bond donors (Lipinski definition) is 2. The summed E-state index contributed by atoms with van der Waals surface area (Å²) in [6.45, 7) is 2.75. The van der Waals surface area contributed by atoms with E-state index in [0.717, 1.165) is 45.4 Å². The number of rotatable bonds is 4. The lowest BCUT2D eigenvalue weighted by atomic mass is 9.79. The van der Waals surface area contributed by atoms with Crippen molar-refractivity contribution in [1.82, 2.24) is 4.90 Å². The lowest BCUT2D eigenvalue weighted by Gasteiger charge is -2.40. The highest BCUT2D eigenvalue weighted by Gasteiger charge is 2.40. The van der Waals surface area contributed by atoms with Crippen molar-refractivity contribution in [3.63, 3.8) is 0 Å². The minimum Gasteiger partial charge on any atom is -0.480 e. The number of hydrogen-bond acceptors (Lipinski definition) is 4. The number of aliphatic carboxylic acids is 1. The van der Waals surface area contributed by atoms with Gasteiger partial charge in [0, 0.05) is 25.8 Å². The largest absolute Gasteiger partial charge is 0.480 e. The fraction of sp³-hybridized carbons (Fsp3) is 0.929. The van der Waals surface area contributed by atoms with Gasteiger partial charge < -0.3 is 20.5 Å². The van der Waals surface area contributed by atoms with Crippen molar-refractivity contribution in [3.8, 4) is 0 Å². The molecule has 5 nitrogen and oxygen atoms in total. The van der Waals surface area contributed by atoms with Crippen molar-refractivity contribution < 1.29 is 14.6 Å². The van der Waals surface area contributed by atoms with E-state index in [-0.39, 0.29) is 0 Å². The van der Waals surface area contributed by atoms with E-state index in [2.05, 4.69) is 11.9 Å². The SMILES string of the molecule is CN(CC1CCOCC1)C1CCCC(N)(C(=O)O)C1. The van der Waals surface area contributed by atoms with Crippen LogP contribution in [-0.2, 0) is 9.53 Å². The Bertz CT molecular complexity index is 318. The predicted molar refractivity (Wildman–Crippen MR) is 73.0 cm³/mol. The van der Waals surface area contributed by atoms with Gasteiger partial charge in [0.05, 0.1) is 0 Å². The highest BCUT2D eigenvalue weighted by Crippen LogP contribution is 2.30. The molecule has 0 aromatic carbocycles. The molecule has 19 heavy (non-hydrogen) atoms. The van der Waals surface area contributed by atoms with Crippen LogP contribution in [0.4, 0.5) is 0 Å². The molecule has 2 aliphatic rings. The van der Waals surface area contributed by atoms with E-state index < -0.39 is 11.5 Å². The molecule has 0 aromatic heterocycles. The van der Waals surface area contributed by atoms with Crippen LogP contribution in [0.15, 0.2) is 0 Å². The van der Waals surface area contributed by atoms with E-state index >= 15 is 0 Å². The molecular formula is C14H26N2O3. The summed E-state index contributed by atoms with van der Waals surface area (Å²) in [6, 6.07) is 0.303. The fourth-order valence-electron chi connectivity index (χ4n) is 3.33. The molecule has 5 heteroatoms. The van der Waals surface area contributed by atoms with Gasteiger partial charge in [-0.3, -0.25) is 4.79 Å². The van der Waals surface area contributed by atoms with Crippen molar-refractivity contribution >= 4 is 5.97 Å². The second kappa shape index (κ2) is 6.20. The molecule has 1 saturated carbocycles. The molecule has 2 rings (SSSR count). The van der Waals surface area contributed by atoms with Gasteiger partial charge in [-0.1, -0.05) is 0 Å². The average Bonchev–Trinajstić information content (AvgIpc) is 2.40. The number of nitrogens with two attached hydrogens (primary N) is 1. The average molecular weight is 270 g/mol. The smallest absolute Gasteiger partial charge is 0.323 e. The molecule has 2 fully saturated rings. The summed E-state index contributed by atoms with van der Waals surface area (Å²) in [5.74, 6) is -0.172. The zero-order valence-electron chi connectivity index (χ0n) is 11.8. The lowest BCUT2D eigenvalue weighted by molar-refractivity contribution is -0.145. The van der Waals surface area contributed by atoms with Crippen molar-refractivity contribution in [1.29, 1.82) is 0 Å². The molecule has 1 saturated heterocycles. The first-order valence-corrected chi connectivity index (χ1v) is 7.31. The summed E-state index contributed by atoms with van der Waals surface area (Å²) in [7, 11) is 2.10. The Morgan fingerprint density at radius 3 is 2.74 bits per heavy atom. The molecule has 0 spiro atoms. The van der Waals surface area contributed by atoms with Crippen LogP contribution in [0.1, 0.15) is 38.5 Å². The normalized spacial score (nSPS) is 33.5. The van der Waals surface area contributed by atoms with Gasteiger partial charge in [0.2, 0.25) is 0 Å². The summed E-state index contributed by atoms with van der Waals surface area (Å²) >= 11 is 0. The van der Waals surface area contributed by atoms with Crippen LogP contribution in [-0.4, -0.2) is 54.4 Å². The number of carboxylic acid groups (broad SMARTS) is 1. The second-order valence-corrected chi connectivity index (χ2v) is 6.21. The highest BCUT2D eigenvalue weighted by molar-refractivity contribution is 5.78. The van der Waals surface area contributed by atoms with Crippen LogP contribution >= 0.6 is 0 Å². The van der Waals surface area contributed by atoms with E-state index in [1.54, 1.807) is 0 Å². The maximum atomic E-state index is 11.3. The number of nitrogens with zero attached hydrogens (tertiary/aromatic N) is 1. The van der Waals surface area contributed by atoms with Crippen molar-refractivity contribution in [2.75, 3.05) is 26.8 Å². The topological polar surface area (TPSA) is 75.8 Å². The maximum absolute atomic E-state index is 11.3. The fourth-order valence-corrected chi connectivity index (χ4v) is 3.33. The third-order valence-electron chi connectivity index (χ3n) is 4.70. The molecular weight excluding hydrogens is 244 g/mol. The summed E-state index contributed by atoms with van der Waals surface area (Å²) in [5, 5.41) is 9.26. The number of carbonyl (C=O) groups is 1. The standard InChI is InChI=1S/C14H26N2O3/c1-16(10-11-4-7-19-8-5-11)12-3-2-6-14(15,9-12)13(17)18/h11-12H,2-10,15H2,1H3,(H,17,18). The lowest BCUT2D eigenvalue weighted by Crippen LogP contribution is -2.55. The van der Waals surface area contributed by atoms with E-state index in [1.807, 2.05) is 0 Å². The predicted octanol–water partition coefficient (Wildman–Crippen LogP) is 1.07. The van der Waals surface area contributed by atoms with E-state index in [1.165, 1.54) is 0 Å². The molecule has 2 unspecified atom stereocenters. The summed E-state index contributed by atoms with van der Waals surface area (Å²) in [4.78, 5) is 13.6. The Hall–Kier alpha value is -0.650. The van der Waals surface area contributed by atoms with Gasteiger partial charge in [0.15, 0.2) is 0 Å². The Morgan fingerprint density at radius 1 is 1.42 bits per heavy atom. The van der Waals surface area contributed by atoms with Crippen LogP contribution in [0.25, 0.3) is 0 Å². The van der Waals surface area contributed by atoms with E-state index in [0.29, 0.717) is 24.8 Å². The van der Waals surface area contributed by atoms with Gasteiger partial charge in [0.1, 0.15) is 5.54 Å². The zero-order chi connectivity index (χ0) is 13.9. The first kappa shape index (κ1) is 14.8. The highest BCUT2D eigenvalue weighted by atomic mass is 16.5. The molecule has 0 aromatic rings. The number of carboxylic acids is 1. The van der Waals surface area contributed by atoms with Crippen LogP contribution in [0, 0.1) is 5.92 Å². The Morgan fingerprint density at radius 2 is 2.11 bits per heavy atom. The first-order chi connectivity index (χ1) is 9.01. The molecule has 1 heterocycles. The third kappa shape index (κ3) is 3.68. The van der Waals surface area contributed by atoms with Gasteiger partial charge in [-0.25, -0.2) is 0 Å². The van der Waals surface area contributed by atoms with Gasteiger partial charge in [-0.05, 0) is 51.5 Å². The summed E-state index contributed by atoms with van der Waals surface area (Å²) < 4.78 is 5.38. The molecule has 2 atom stereocenters. The van der Waals surface area contributed by atoms with Crippen molar-refractivity contribution in [2.24, 2.45) is 11.7 Å². The van der Waals surface area contributed by atoms with Gasteiger partial charge >= 0.3 is 5.97 Å². The van der Waals surface area contributed by atoms with E-state index in [9.17, 15) is 9.90 Å². The summed E-state index contributed by atoms with van der Waals surface area (Å²) in [6.07, 6.45) is 5.37. The Labute approximate surface area is 115 Å². The minimum atomic E-state index is -1.02. The molecule has 0 bridgehead atoms. The Kier molecular flexibility index (Phi) is 4.81. The third-order valence-corrected chi connectivity index (χ3v) is 4.70. The molecule has 1 aliphatic heterocycles. The molecule has 0 radical (unpaired) electrons. The molecule has 110 valence electrons. The zero-order valence-corrected chi connectivity index (χ0v) is 11.8. The molecule has 1 aliphatic carbocycles. The number of ether oxygens (including phenoxy) is 1. The van der Waals surface area contributed by atoms with Gasteiger partial charge in [-0.15, -0.1) is 0 Å². The van der Waals surface area contributed by atoms with Crippen molar-refractivity contribution in [3.05, 3.63) is 0 Å². The monoisotopic (exact) mass is 270 g/mol.